The van der Waals surface area contributed by atoms with Gasteiger partial charge >= 0.3 is 19.1 Å². The van der Waals surface area contributed by atoms with Crippen LogP contribution in [0.25, 0.3) is 0 Å². The lowest BCUT2D eigenvalue weighted by Crippen LogP contribution is -2.48. The molecule has 0 aliphatic carbocycles. The first-order valence-corrected chi connectivity index (χ1v) is 7.57. The average molecular weight is 335 g/mol. The second kappa shape index (κ2) is 7.13. The summed E-state index contributed by atoms with van der Waals surface area (Å²) in [6.45, 7) is 5.54. The van der Waals surface area contributed by atoms with Gasteiger partial charge in [-0.25, -0.2) is 4.39 Å². The highest BCUT2D eigenvalue weighted by Gasteiger charge is 2.44. The lowest BCUT2D eigenvalue weighted by Gasteiger charge is -2.21. The first-order valence-electron chi connectivity index (χ1n) is 7.57. The molecule has 0 amide bonds. The minimum atomic E-state index is -2.28. The molecule has 1 N–H and O–H groups in total. The number of rotatable bonds is 3. The molecule has 0 spiro atoms. The van der Waals surface area contributed by atoms with E-state index in [-0.39, 0.29) is 24.1 Å². The summed E-state index contributed by atoms with van der Waals surface area (Å²) in [5, 5.41) is 2.47. The normalized spacial score (nSPS) is 17.4. The second-order valence-electron chi connectivity index (χ2n) is 6.55. The maximum Gasteiger partial charge on any atom is 0.644 e. The van der Waals surface area contributed by atoms with Crippen molar-refractivity contribution in [2.75, 3.05) is 13.1 Å². The number of hydrogen-bond acceptors (Lipinski definition) is 6. The maximum atomic E-state index is 14.4. The van der Waals surface area contributed by atoms with E-state index in [1.807, 2.05) is 20.8 Å². The van der Waals surface area contributed by atoms with Crippen LogP contribution in [0.2, 0.25) is 0 Å². The summed E-state index contributed by atoms with van der Waals surface area (Å²) in [5.74, 6) is -2.51. The van der Waals surface area contributed by atoms with Gasteiger partial charge < -0.3 is 9.31 Å². The van der Waals surface area contributed by atoms with Crippen LogP contribution in [0.5, 0.6) is 0 Å². The Hall–Kier alpha value is -2.22. The van der Waals surface area contributed by atoms with Gasteiger partial charge in [0.2, 0.25) is 6.07 Å². The van der Waals surface area contributed by atoms with E-state index in [1.165, 1.54) is 12.1 Å². The zero-order chi connectivity index (χ0) is 17.9. The third-order valence-electron chi connectivity index (χ3n) is 3.56. The van der Waals surface area contributed by atoms with Crippen molar-refractivity contribution in [2.24, 2.45) is 0 Å². The summed E-state index contributed by atoms with van der Waals surface area (Å²) >= 11 is 0. The molecule has 0 radical (unpaired) electrons. The van der Waals surface area contributed by atoms with Crippen LogP contribution in [-0.4, -0.2) is 44.0 Å². The van der Waals surface area contributed by atoms with Crippen LogP contribution in [-0.2, 0) is 24.3 Å². The molecule has 0 bridgehead atoms. The Morgan fingerprint density at radius 1 is 1.12 bits per heavy atom. The summed E-state index contributed by atoms with van der Waals surface area (Å²) in [5.41, 5.74) is 1.00. The van der Waals surface area contributed by atoms with Crippen LogP contribution in [0.1, 0.15) is 36.7 Å². The van der Waals surface area contributed by atoms with Crippen molar-refractivity contribution >= 4 is 24.8 Å². The van der Waals surface area contributed by atoms with Gasteiger partial charge in [0, 0.05) is 5.56 Å². The quantitative estimate of drug-likeness (QED) is 0.661. The molecule has 0 saturated carbocycles. The number of carbonyl (C=O) groups excluding carboxylic acids is 3. The maximum absolute atomic E-state index is 14.4. The topological polar surface area (TPSA) is 81.7 Å². The van der Waals surface area contributed by atoms with Crippen molar-refractivity contribution in [3.05, 3.63) is 35.4 Å². The fraction of sp³-hybridized carbons (Fsp3) is 0.438. The summed E-state index contributed by atoms with van der Waals surface area (Å²) in [4.78, 5) is 35.1. The van der Waals surface area contributed by atoms with Crippen molar-refractivity contribution in [1.29, 1.82) is 0 Å². The summed E-state index contributed by atoms with van der Waals surface area (Å²) < 4.78 is 23.8. The molecule has 1 atom stereocenters. The van der Waals surface area contributed by atoms with Crippen LogP contribution in [0.15, 0.2) is 24.3 Å². The number of ketones is 1. The zero-order valence-electron chi connectivity index (χ0n) is 13.8. The van der Waals surface area contributed by atoms with Crippen molar-refractivity contribution in [2.45, 2.75) is 32.3 Å². The lowest BCUT2D eigenvalue weighted by atomic mass is 9.77. The van der Waals surface area contributed by atoms with E-state index in [0.29, 0.717) is 0 Å². The number of halogens is 1. The SMILES string of the molecule is CC(C)(C)c1ccc(C(=O)C(F)B2OC(=O)CNCC(=O)O2)cc1. The Labute approximate surface area is 139 Å². The van der Waals surface area contributed by atoms with Crippen LogP contribution < -0.4 is 5.32 Å². The summed E-state index contributed by atoms with van der Waals surface area (Å²) in [6, 6.07) is 6.48. The zero-order valence-corrected chi connectivity index (χ0v) is 13.8. The van der Waals surface area contributed by atoms with E-state index in [0.717, 1.165) is 5.56 Å². The van der Waals surface area contributed by atoms with Gasteiger partial charge in [-0.15, -0.1) is 0 Å². The molecule has 6 nitrogen and oxygen atoms in total. The van der Waals surface area contributed by atoms with Gasteiger partial charge in [0.1, 0.15) is 0 Å². The number of hydrogen-bond donors (Lipinski definition) is 1. The molecule has 128 valence electrons. The van der Waals surface area contributed by atoms with Crippen molar-refractivity contribution < 1.29 is 28.1 Å². The molecule has 1 aromatic carbocycles. The van der Waals surface area contributed by atoms with E-state index in [4.69, 9.17) is 9.31 Å². The van der Waals surface area contributed by atoms with Gasteiger partial charge in [0.15, 0.2) is 5.78 Å². The van der Waals surface area contributed by atoms with Gasteiger partial charge in [-0.1, -0.05) is 45.0 Å². The molecule has 1 aromatic rings. The van der Waals surface area contributed by atoms with Gasteiger partial charge in [0.25, 0.3) is 0 Å². The largest absolute Gasteiger partial charge is 0.644 e. The Balaban J connectivity index is 2.15. The van der Waals surface area contributed by atoms with E-state index in [2.05, 4.69) is 5.32 Å². The van der Waals surface area contributed by atoms with E-state index >= 15 is 0 Å². The first kappa shape index (κ1) is 18.1. The van der Waals surface area contributed by atoms with Crippen LogP contribution in [0.3, 0.4) is 0 Å². The molecule has 8 heteroatoms. The predicted octanol–water partition coefficient (Wildman–Crippen LogP) is 1.22. The fourth-order valence-corrected chi connectivity index (χ4v) is 2.17. The van der Waals surface area contributed by atoms with E-state index in [1.54, 1.807) is 12.1 Å². The Morgan fingerprint density at radius 2 is 1.62 bits per heavy atom. The van der Waals surface area contributed by atoms with Crippen LogP contribution in [0.4, 0.5) is 4.39 Å². The van der Waals surface area contributed by atoms with Crippen molar-refractivity contribution in [3.63, 3.8) is 0 Å². The molecule has 1 aliphatic heterocycles. The molecule has 1 saturated heterocycles. The lowest BCUT2D eigenvalue weighted by molar-refractivity contribution is -0.142. The van der Waals surface area contributed by atoms with Gasteiger partial charge in [-0.3, -0.25) is 19.7 Å². The third kappa shape index (κ3) is 4.41. The minimum Gasteiger partial charge on any atom is -0.496 e. The molecular formula is C16H19BFNO5. The number of benzene rings is 1. The number of Topliss-reactive ketones (excluding diaryl/α,β-unsaturated/α-hetero) is 1. The van der Waals surface area contributed by atoms with E-state index in [9.17, 15) is 18.8 Å². The fourth-order valence-electron chi connectivity index (χ4n) is 2.17. The smallest absolute Gasteiger partial charge is 0.496 e. The van der Waals surface area contributed by atoms with Crippen LogP contribution >= 0.6 is 0 Å². The number of carbonyl (C=O) groups is 3. The second-order valence-corrected chi connectivity index (χ2v) is 6.55. The standard InChI is InChI=1S/C16H19BFNO5/c1-16(2,3)11-6-4-10(5-7-11)14(22)15(18)17-23-12(20)8-19-9-13(21)24-17/h4-7,15,19H,8-9H2,1-3H3. The summed E-state index contributed by atoms with van der Waals surface area (Å²) in [7, 11) is -1.87. The third-order valence-corrected chi connectivity index (χ3v) is 3.56. The summed E-state index contributed by atoms with van der Waals surface area (Å²) in [6.07, 6.45) is -2.28. The van der Waals surface area contributed by atoms with Crippen molar-refractivity contribution in [1.82, 2.24) is 5.32 Å². The molecular weight excluding hydrogens is 316 g/mol. The van der Waals surface area contributed by atoms with E-state index < -0.39 is 30.9 Å². The monoisotopic (exact) mass is 335 g/mol. The molecule has 0 aromatic heterocycles. The highest BCUT2D eigenvalue weighted by atomic mass is 19.1. The Bertz CT molecular complexity index is 623. The molecule has 1 heterocycles. The average Bonchev–Trinajstić information content (AvgIpc) is 2.50. The molecule has 24 heavy (non-hydrogen) atoms. The van der Waals surface area contributed by atoms with Gasteiger partial charge in [-0.05, 0) is 11.0 Å². The van der Waals surface area contributed by atoms with Crippen LogP contribution in [0, 0.1) is 0 Å². The highest BCUT2D eigenvalue weighted by Crippen LogP contribution is 2.23. The number of alkyl halides is 1. The molecule has 1 fully saturated rings. The number of nitrogens with one attached hydrogen (secondary N) is 1. The minimum absolute atomic E-state index is 0.103. The predicted molar refractivity (Wildman–Crippen MR) is 85.2 cm³/mol. The first-order chi connectivity index (χ1) is 11.2. The highest BCUT2D eigenvalue weighted by molar-refractivity contribution is 6.56. The van der Waals surface area contributed by atoms with Gasteiger partial charge in [0.05, 0.1) is 13.1 Å². The molecule has 1 aliphatic rings. The van der Waals surface area contributed by atoms with Gasteiger partial charge in [-0.2, -0.15) is 0 Å². The van der Waals surface area contributed by atoms with Crippen molar-refractivity contribution in [3.8, 4) is 0 Å². The molecule has 2 rings (SSSR count). The Morgan fingerprint density at radius 3 is 2.08 bits per heavy atom. The Kier molecular flexibility index (Phi) is 5.38. The molecule has 1 unspecified atom stereocenters.